The second-order valence-corrected chi connectivity index (χ2v) is 4.63. The molecule has 0 bridgehead atoms. The molecule has 1 rings (SSSR count). The minimum atomic E-state index is -4.47. The molecule has 0 heterocycles. The van der Waals surface area contributed by atoms with Crippen LogP contribution in [0.2, 0.25) is 0 Å². The molecule has 1 atom stereocenters. The minimum Gasteiger partial charge on any atom is -0.460 e. The minimum absolute atomic E-state index is 0. The van der Waals surface area contributed by atoms with Crippen molar-refractivity contribution in [1.82, 2.24) is 5.32 Å². The second-order valence-electron chi connectivity index (χ2n) is 4.63. The van der Waals surface area contributed by atoms with E-state index in [4.69, 9.17) is 10.5 Å². The van der Waals surface area contributed by atoms with Crippen LogP contribution in [0.25, 0.3) is 0 Å². The van der Waals surface area contributed by atoms with Crippen molar-refractivity contribution in [3.63, 3.8) is 0 Å². The lowest BCUT2D eigenvalue weighted by Crippen LogP contribution is -2.36. The molecule has 0 saturated heterocycles. The zero-order chi connectivity index (χ0) is 16.6. The fourth-order valence-electron chi connectivity index (χ4n) is 1.53. The van der Waals surface area contributed by atoms with Crippen LogP contribution in [0.15, 0.2) is 30.3 Å². The summed E-state index contributed by atoms with van der Waals surface area (Å²) in [4.78, 5) is 22.8. The Kier molecular flexibility index (Phi) is 9.28. The van der Waals surface area contributed by atoms with Gasteiger partial charge in [0.15, 0.2) is 0 Å². The van der Waals surface area contributed by atoms with Gasteiger partial charge in [0, 0.05) is 6.42 Å². The Morgan fingerprint density at radius 3 is 2.39 bits per heavy atom. The molecule has 0 unspecified atom stereocenters. The summed E-state index contributed by atoms with van der Waals surface area (Å²) >= 11 is 0. The molecule has 0 radical (unpaired) electrons. The number of halogens is 4. The Hall–Kier alpha value is -1.80. The van der Waals surface area contributed by atoms with Crippen molar-refractivity contribution in [2.24, 2.45) is 5.73 Å². The third-order valence-corrected chi connectivity index (χ3v) is 2.70. The number of rotatable bonds is 7. The molecule has 3 N–H and O–H groups in total. The molecule has 130 valence electrons. The summed E-state index contributed by atoms with van der Waals surface area (Å²) in [5.41, 5.74) is 6.32. The van der Waals surface area contributed by atoms with Crippen LogP contribution in [0.5, 0.6) is 0 Å². The van der Waals surface area contributed by atoms with E-state index >= 15 is 0 Å². The van der Waals surface area contributed by atoms with E-state index in [9.17, 15) is 22.8 Å². The lowest BCUT2D eigenvalue weighted by Gasteiger charge is -2.12. The third kappa shape index (κ3) is 9.75. The summed E-state index contributed by atoms with van der Waals surface area (Å²) in [5.74, 6) is -1.52. The molecule has 0 aliphatic heterocycles. The SMILES string of the molecule is Cl.N[C@@H](CCC(=O)NCC(F)(F)F)C(=O)OCc1ccccc1. The molecule has 0 aliphatic rings. The van der Waals surface area contributed by atoms with E-state index in [1.807, 2.05) is 6.07 Å². The number of alkyl halides is 3. The van der Waals surface area contributed by atoms with Crippen molar-refractivity contribution < 1.29 is 27.5 Å². The van der Waals surface area contributed by atoms with E-state index in [2.05, 4.69) is 0 Å². The van der Waals surface area contributed by atoms with Crippen molar-refractivity contribution in [2.45, 2.75) is 31.7 Å². The number of amides is 1. The lowest BCUT2D eigenvalue weighted by atomic mass is 10.1. The maximum atomic E-state index is 11.9. The van der Waals surface area contributed by atoms with Crippen molar-refractivity contribution >= 4 is 24.3 Å². The molecule has 5 nitrogen and oxygen atoms in total. The van der Waals surface area contributed by atoms with Crippen LogP contribution in [0.3, 0.4) is 0 Å². The van der Waals surface area contributed by atoms with Crippen LogP contribution in [0.1, 0.15) is 18.4 Å². The predicted molar refractivity (Wildman–Crippen MR) is 79.8 cm³/mol. The maximum absolute atomic E-state index is 11.9. The molecule has 0 aliphatic carbocycles. The van der Waals surface area contributed by atoms with E-state index in [1.165, 1.54) is 0 Å². The Labute approximate surface area is 137 Å². The third-order valence-electron chi connectivity index (χ3n) is 2.70. The Morgan fingerprint density at radius 2 is 1.83 bits per heavy atom. The number of hydrogen-bond acceptors (Lipinski definition) is 4. The molecule has 23 heavy (non-hydrogen) atoms. The van der Waals surface area contributed by atoms with Gasteiger partial charge in [-0.25, -0.2) is 0 Å². The fraction of sp³-hybridized carbons (Fsp3) is 0.429. The summed E-state index contributed by atoms with van der Waals surface area (Å²) in [5, 5.41) is 1.70. The predicted octanol–water partition coefficient (Wildman–Crippen LogP) is 1.94. The van der Waals surface area contributed by atoms with Crippen molar-refractivity contribution in [3.8, 4) is 0 Å². The quantitative estimate of drug-likeness (QED) is 0.733. The van der Waals surface area contributed by atoms with Gasteiger partial charge in [-0.3, -0.25) is 9.59 Å². The topological polar surface area (TPSA) is 81.4 Å². The van der Waals surface area contributed by atoms with E-state index in [1.54, 1.807) is 29.6 Å². The molecular weight excluding hydrogens is 337 g/mol. The van der Waals surface area contributed by atoms with Gasteiger partial charge in [-0.05, 0) is 12.0 Å². The van der Waals surface area contributed by atoms with E-state index in [-0.39, 0.29) is 31.9 Å². The van der Waals surface area contributed by atoms with Gasteiger partial charge >= 0.3 is 12.1 Å². The number of carbonyl (C=O) groups is 2. The Balaban J connectivity index is 0.00000484. The first-order chi connectivity index (χ1) is 10.3. The first-order valence-corrected chi connectivity index (χ1v) is 6.57. The van der Waals surface area contributed by atoms with Gasteiger partial charge in [-0.2, -0.15) is 13.2 Å². The van der Waals surface area contributed by atoms with Gasteiger partial charge in [-0.15, -0.1) is 12.4 Å². The van der Waals surface area contributed by atoms with Crippen molar-refractivity contribution in [1.29, 1.82) is 0 Å². The molecule has 9 heteroatoms. The smallest absolute Gasteiger partial charge is 0.405 e. The summed E-state index contributed by atoms with van der Waals surface area (Å²) in [6, 6.07) is 7.87. The van der Waals surface area contributed by atoms with Crippen LogP contribution in [-0.2, 0) is 20.9 Å². The number of hydrogen-bond donors (Lipinski definition) is 2. The molecular formula is C14H18ClF3N2O3. The highest BCUT2D eigenvalue weighted by Crippen LogP contribution is 2.12. The van der Waals surface area contributed by atoms with E-state index < -0.39 is 30.6 Å². The molecule has 0 fully saturated rings. The first-order valence-electron chi connectivity index (χ1n) is 6.57. The van der Waals surface area contributed by atoms with Gasteiger partial charge in [0.05, 0.1) is 0 Å². The van der Waals surface area contributed by atoms with Crippen molar-refractivity contribution in [3.05, 3.63) is 35.9 Å². The average molecular weight is 355 g/mol. The van der Waals surface area contributed by atoms with Crippen LogP contribution < -0.4 is 11.1 Å². The fourth-order valence-corrected chi connectivity index (χ4v) is 1.53. The number of ether oxygens (including phenoxy) is 1. The summed E-state index contributed by atoms with van der Waals surface area (Å²) in [6.45, 7) is -1.35. The largest absolute Gasteiger partial charge is 0.460 e. The standard InChI is InChI=1S/C14H17F3N2O3.ClH/c15-14(16,17)9-19-12(20)7-6-11(18)13(21)22-8-10-4-2-1-3-5-10;/h1-5,11H,6-9,18H2,(H,19,20);1H/t11-;/m0./s1. The van der Waals surface area contributed by atoms with Gasteiger partial charge < -0.3 is 15.8 Å². The van der Waals surface area contributed by atoms with E-state index in [0.29, 0.717) is 0 Å². The number of nitrogens with two attached hydrogens (primary N) is 1. The lowest BCUT2D eigenvalue weighted by molar-refractivity contribution is -0.147. The Bertz CT molecular complexity index is 498. The first kappa shape index (κ1) is 21.2. The highest BCUT2D eigenvalue weighted by atomic mass is 35.5. The van der Waals surface area contributed by atoms with Gasteiger partial charge in [0.2, 0.25) is 5.91 Å². The summed E-state index contributed by atoms with van der Waals surface area (Å²) in [7, 11) is 0. The van der Waals surface area contributed by atoms with Crippen LogP contribution in [0.4, 0.5) is 13.2 Å². The van der Waals surface area contributed by atoms with Gasteiger partial charge in [0.1, 0.15) is 19.2 Å². The zero-order valence-electron chi connectivity index (χ0n) is 12.1. The van der Waals surface area contributed by atoms with Gasteiger partial charge in [-0.1, -0.05) is 30.3 Å². The number of benzene rings is 1. The van der Waals surface area contributed by atoms with Crippen molar-refractivity contribution in [2.75, 3.05) is 6.54 Å². The average Bonchev–Trinajstić information content (AvgIpc) is 2.48. The second kappa shape index (κ2) is 10.1. The summed E-state index contributed by atoms with van der Waals surface area (Å²) < 4.78 is 40.6. The van der Waals surface area contributed by atoms with Crippen LogP contribution in [-0.4, -0.2) is 30.6 Å². The molecule has 1 aromatic carbocycles. The molecule has 0 saturated carbocycles. The monoisotopic (exact) mass is 354 g/mol. The molecule has 0 spiro atoms. The Morgan fingerprint density at radius 1 is 1.22 bits per heavy atom. The normalized spacial score (nSPS) is 12.0. The number of esters is 1. The summed E-state index contributed by atoms with van der Waals surface area (Å²) in [6.07, 6.45) is -4.83. The van der Waals surface area contributed by atoms with Crippen LogP contribution in [0, 0.1) is 0 Å². The van der Waals surface area contributed by atoms with Crippen LogP contribution >= 0.6 is 12.4 Å². The molecule has 1 aromatic rings. The van der Waals surface area contributed by atoms with E-state index in [0.717, 1.165) is 5.56 Å². The number of nitrogens with one attached hydrogen (secondary N) is 1. The highest BCUT2D eigenvalue weighted by Gasteiger charge is 2.27. The molecule has 1 amide bonds. The number of carbonyl (C=O) groups excluding carboxylic acids is 2. The highest BCUT2D eigenvalue weighted by molar-refractivity contribution is 5.85. The van der Waals surface area contributed by atoms with Gasteiger partial charge in [0.25, 0.3) is 0 Å². The maximum Gasteiger partial charge on any atom is 0.405 e. The molecule has 0 aromatic heterocycles. The zero-order valence-corrected chi connectivity index (χ0v) is 13.0.